The lowest BCUT2D eigenvalue weighted by atomic mass is 10.1. The molecule has 21 heavy (non-hydrogen) atoms. The Balaban J connectivity index is 2.02. The third-order valence-corrected chi connectivity index (χ3v) is 4.25. The van der Waals surface area contributed by atoms with Gasteiger partial charge in [-0.2, -0.15) is 0 Å². The number of rotatable bonds is 3. The SMILES string of the molecule is Cc1ccc(NC(=S)N(C)Cc2ccccc2Cl)cc1C. The van der Waals surface area contributed by atoms with E-state index in [1.54, 1.807) is 0 Å². The largest absolute Gasteiger partial charge is 0.348 e. The number of hydrogen-bond acceptors (Lipinski definition) is 1. The molecule has 0 aliphatic carbocycles. The van der Waals surface area contributed by atoms with E-state index in [1.807, 2.05) is 42.3 Å². The lowest BCUT2D eigenvalue weighted by Gasteiger charge is -2.22. The Bertz CT molecular complexity index is 655. The number of halogens is 1. The van der Waals surface area contributed by atoms with Crippen LogP contribution < -0.4 is 5.32 Å². The summed E-state index contributed by atoms with van der Waals surface area (Å²) < 4.78 is 0. The molecule has 0 saturated heterocycles. The van der Waals surface area contributed by atoms with Crippen molar-refractivity contribution in [2.45, 2.75) is 20.4 Å². The first kappa shape index (κ1) is 15.8. The minimum absolute atomic E-state index is 0.677. The zero-order chi connectivity index (χ0) is 15.4. The lowest BCUT2D eigenvalue weighted by molar-refractivity contribution is 0.508. The van der Waals surface area contributed by atoms with Crippen molar-refractivity contribution < 1.29 is 0 Å². The molecule has 2 rings (SSSR count). The molecular weight excluding hydrogens is 300 g/mol. The van der Waals surface area contributed by atoms with E-state index in [0.29, 0.717) is 11.7 Å². The molecule has 0 aliphatic rings. The molecule has 0 aliphatic heterocycles. The molecular formula is C17H19ClN2S. The normalized spacial score (nSPS) is 10.3. The molecule has 0 fully saturated rings. The molecule has 0 amide bonds. The number of nitrogens with one attached hydrogen (secondary N) is 1. The number of nitrogens with zero attached hydrogens (tertiary/aromatic N) is 1. The van der Waals surface area contributed by atoms with Gasteiger partial charge in [0.15, 0.2) is 5.11 Å². The highest BCUT2D eigenvalue weighted by molar-refractivity contribution is 7.80. The summed E-state index contributed by atoms with van der Waals surface area (Å²) in [4.78, 5) is 1.98. The van der Waals surface area contributed by atoms with Gasteiger partial charge in [0.1, 0.15) is 0 Å². The van der Waals surface area contributed by atoms with E-state index in [4.69, 9.17) is 23.8 Å². The first-order chi connectivity index (χ1) is 9.97. The Morgan fingerprint density at radius 3 is 2.52 bits per heavy atom. The van der Waals surface area contributed by atoms with Crippen molar-refractivity contribution in [3.8, 4) is 0 Å². The minimum Gasteiger partial charge on any atom is -0.348 e. The van der Waals surface area contributed by atoms with E-state index >= 15 is 0 Å². The third-order valence-electron chi connectivity index (χ3n) is 3.47. The molecule has 0 atom stereocenters. The molecule has 2 aromatic carbocycles. The summed E-state index contributed by atoms with van der Waals surface area (Å²) in [6.07, 6.45) is 0. The van der Waals surface area contributed by atoms with Gasteiger partial charge in [-0.15, -0.1) is 0 Å². The Hall–Kier alpha value is -1.58. The molecule has 1 N–H and O–H groups in total. The van der Waals surface area contributed by atoms with Crippen LogP contribution in [0.25, 0.3) is 0 Å². The fraction of sp³-hybridized carbons (Fsp3) is 0.235. The Morgan fingerprint density at radius 2 is 1.86 bits per heavy atom. The van der Waals surface area contributed by atoms with Crippen LogP contribution in [0.4, 0.5) is 5.69 Å². The molecule has 0 spiro atoms. The molecule has 110 valence electrons. The quantitative estimate of drug-likeness (QED) is 0.819. The fourth-order valence-corrected chi connectivity index (χ4v) is 2.37. The van der Waals surface area contributed by atoms with Gasteiger partial charge in [0.05, 0.1) is 0 Å². The van der Waals surface area contributed by atoms with E-state index in [1.165, 1.54) is 11.1 Å². The fourth-order valence-electron chi connectivity index (χ4n) is 1.99. The van der Waals surface area contributed by atoms with Crippen LogP contribution in [0.15, 0.2) is 42.5 Å². The van der Waals surface area contributed by atoms with Gasteiger partial charge < -0.3 is 10.2 Å². The maximum absolute atomic E-state index is 6.18. The average molecular weight is 319 g/mol. The van der Waals surface area contributed by atoms with Gasteiger partial charge in [-0.3, -0.25) is 0 Å². The molecule has 0 heterocycles. The second-order valence-corrected chi connectivity index (χ2v) is 5.97. The van der Waals surface area contributed by atoms with E-state index < -0.39 is 0 Å². The van der Waals surface area contributed by atoms with Crippen molar-refractivity contribution in [2.75, 3.05) is 12.4 Å². The topological polar surface area (TPSA) is 15.3 Å². The standard InChI is InChI=1S/C17H19ClN2S/c1-12-8-9-15(10-13(12)2)19-17(21)20(3)11-14-6-4-5-7-16(14)18/h4-10H,11H2,1-3H3,(H,19,21). The van der Waals surface area contributed by atoms with Gasteiger partial charge in [0.25, 0.3) is 0 Å². The van der Waals surface area contributed by atoms with Crippen molar-refractivity contribution in [1.29, 1.82) is 0 Å². The summed E-state index contributed by atoms with van der Waals surface area (Å²) in [6.45, 7) is 4.87. The number of aryl methyl sites for hydroxylation is 2. The van der Waals surface area contributed by atoms with Gasteiger partial charge >= 0.3 is 0 Å². The molecule has 0 radical (unpaired) electrons. The van der Waals surface area contributed by atoms with Crippen LogP contribution in [0.1, 0.15) is 16.7 Å². The van der Waals surface area contributed by atoms with Crippen LogP contribution in [0.3, 0.4) is 0 Å². The summed E-state index contributed by atoms with van der Waals surface area (Å²) in [5, 5.41) is 4.70. The van der Waals surface area contributed by atoms with Crippen LogP contribution in [0.2, 0.25) is 5.02 Å². The van der Waals surface area contributed by atoms with Crippen LogP contribution >= 0.6 is 23.8 Å². The second kappa shape index (κ2) is 6.92. The molecule has 0 aromatic heterocycles. The van der Waals surface area contributed by atoms with Crippen molar-refractivity contribution in [2.24, 2.45) is 0 Å². The summed E-state index contributed by atoms with van der Waals surface area (Å²) in [5.41, 5.74) is 4.59. The predicted molar refractivity (Wildman–Crippen MR) is 95.1 cm³/mol. The van der Waals surface area contributed by atoms with Crippen LogP contribution in [0.5, 0.6) is 0 Å². The molecule has 0 bridgehead atoms. The number of thiocarbonyl (C=S) groups is 1. The third kappa shape index (κ3) is 4.19. The van der Waals surface area contributed by atoms with Crippen molar-refractivity contribution in [3.63, 3.8) is 0 Å². The monoisotopic (exact) mass is 318 g/mol. The Kier molecular flexibility index (Phi) is 5.21. The first-order valence-electron chi connectivity index (χ1n) is 6.80. The molecule has 2 nitrogen and oxygen atoms in total. The smallest absolute Gasteiger partial charge is 0.173 e. The predicted octanol–water partition coefficient (Wildman–Crippen LogP) is 4.79. The maximum atomic E-state index is 6.18. The zero-order valence-corrected chi connectivity index (χ0v) is 14.1. The highest BCUT2D eigenvalue weighted by Gasteiger charge is 2.08. The lowest BCUT2D eigenvalue weighted by Crippen LogP contribution is -2.30. The summed E-state index contributed by atoms with van der Waals surface area (Å²) in [6, 6.07) is 14.0. The molecule has 4 heteroatoms. The highest BCUT2D eigenvalue weighted by atomic mass is 35.5. The zero-order valence-electron chi connectivity index (χ0n) is 12.5. The van der Waals surface area contributed by atoms with Crippen molar-refractivity contribution in [1.82, 2.24) is 4.90 Å². The number of hydrogen-bond donors (Lipinski definition) is 1. The Labute approximate surface area is 136 Å². The first-order valence-corrected chi connectivity index (χ1v) is 7.59. The minimum atomic E-state index is 0.677. The summed E-state index contributed by atoms with van der Waals surface area (Å²) in [7, 11) is 1.96. The maximum Gasteiger partial charge on any atom is 0.173 e. The van der Waals surface area contributed by atoms with Crippen molar-refractivity contribution >= 4 is 34.6 Å². The van der Waals surface area contributed by atoms with Gasteiger partial charge in [0.2, 0.25) is 0 Å². The summed E-state index contributed by atoms with van der Waals surface area (Å²) >= 11 is 11.6. The van der Waals surface area contributed by atoms with Gasteiger partial charge in [-0.25, -0.2) is 0 Å². The van der Waals surface area contributed by atoms with Crippen LogP contribution in [0, 0.1) is 13.8 Å². The molecule has 2 aromatic rings. The number of anilines is 1. The second-order valence-electron chi connectivity index (χ2n) is 5.18. The van der Waals surface area contributed by atoms with Gasteiger partial charge in [-0.05, 0) is 61.0 Å². The number of benzene rings is 2. The Morgan fingerprint density at radius 1 is 1.14 bits per heavy atom. The van der Waals surface area contributed by atoms with Crippen LogP contribution in [-0.4, -0.2) is 17.1 Å². The van der Waals surface area contributed by atoms with Crippen molar-refractivity contribution in [3.05, 3.63) is 64.2 Å². The van der Waals surface area contributed by atoms with Crippen LogP contribution in [-0.2, 0) is 6.54 Å². The molecule has 0 saturated carbocycles. The summed E-state index contributed by atoms with van der Waals surface area (Å²) in [5.74, 6) is 0. The van der Waals surface area contributed by atoms with Gasteiger partial charge in [-0.1, -0.05) is 35.9 Å². The van der Waals surface area contributed by atoms with E-state index in [-0.39, 0.29) is 0 Å². The van der Waals surface area contributed by atoms with E-state index in [9.17, 15) is 0 Å². The van der Waals surface area contributed by atoms with Gasteiger partial charge in [0, 0.05) is 24.3 Å². The van der Waals surface area contributed by atoms with E-state index in [2.05, 4.69) is 31.3 Å². The van der Waals surface area contributed by atoms with E-state index in [0.717, 1.165) is 16.3 Å². The molecule has 0 unspecified atom stereocenters. The highest BCUT2D eigenvalue weighted by Crippen LogP contribution is 2.18. The average Bonchev–Trinajstić information content (AvgIpc) is 2.45.